The molecule has 0 radical (unpaired) electrons. The summed E-state index contributed by atoms with van der Waals surface area (Å²) in [4.78, 5) is 77.1. The van der Waals surface area contributed by atoms with E-state index in [0.717, 1.165) is 26.7 Å². The Morgan fingerprint density at radius 1 is 0.537 bits per heavy atom. The van der Waals surface area contributed by atoms with Crippen LogP contribution in [-0.2, 0) is 40.3 Å². The third-order valence-corrected chi connectivity index (χ3v) is 11.9. The fourth-order valence-electron chi connectivity index (χ4n) is 7.59. The molecule has 0 saturated heterocycles. The number of aromatic nitrogens is 2. The summed E-state index contributed by atoms with van der Waals surface area (Å²) in [5.41, 5.74) is 4.07. The number of carboxylic acid groups (broad SMARTS) is 1. The number of methoxy groups -OCH3 is 1. The Morgan fingerprint density at radius 2 is 0.896 bits per heavy atom. The molecule has 338 valence electrons. The lowest BCUT2D eigenvalue weighted by Crippen LogP contribution is -2.44. The van der Waals surface area contributed by atoms with E-state index in [4.69, 9.17) is 4.74 Å². The molecule has 2 atom stereocenters. The quantitative estimate of drug-likeness (QED) is 0.0912. The normalized spacial score (nSPS) is 11.7. The number of carbonyl (C=O) groups excluding carboxylic acids is 3. The molecule has 6 aromatic carbocycles. The van der Waals surface area contributed by atoms with Gasteiger partial charge in [0.05, 0.1) is 18.1 Å². The summed E-state index contributed by atoms with van der Waals surface area (Å²) < 4.78 is 10.0. The standard InChI is InChI=1S/C27H23BrN2O4.C26H21BrN2O4/c1-34-27(33)23(14-18-8-4-2-5-9-18)29-26(32)22-17-30(16-19-10-6-3-7-11-19)24-13-12-20(28)15-21(24)25(22)31;27-19-11-12-23-20(14-19)24(30)21(16-29(23)15-18-9-5-2-6-10-18)25(31)28-22(26(32)33)13-17-7-3-1-4-8-17/h2-13,15,17,23H,14,16H2,1H3,(H,29,32);1-12,14,16,22H,13,15H2,(H,28,31)(H,32,33)/t23-;22-/m00/s1. The van der Waals surface area contributed by atoms with Crippen LogP contribution in [0.3, 0.4) is 0 Å². The van der Waals surface area contributed by atoms with Gasteiger partial charge in [0.15, 0.2) is 0 Å². The number of ether oxygens (including phenoxy) is 1. The van der Waals surface area contributed by atoms with Gasteiger partial charge in [0.25, 0.3) is 11.8 Å². The second-order valence-electron chi connectivity index (χ2n) is 15.6. The third kappa shape index (κ3) is 12.1. The number of aliphatic carboxylic acids is 1. The number of fused-ring (bicyclic) bond motifs is 2. The summed E-state index contributed by atoms with van der Waals surface area (Å²) >= 11 is 6.81. The van der Waals surface area contributed by atoms with E-state index in [1.54, 1.807) is 42.6 Å². The van der Waals surface area contributed by atoms with E-state index in [0.29, 0.717) is 39.4 Å². The van der Waals surface area contributed by atoms with Crippen LogP contribution in [0.15, 0.2) is 189 Å². The second kappa shape index (κ2) is 22.2. The summed E-state index contributed by atoms with van der Waals surface area (Å²) in [5.74, 6) is -3.09. The maximum atomic E-state index is 13.3. The molecule has 0 fully saturated rings. The molecule has 0 bridgehead atoms. The van der Waals surface area contributed by atoms with E-state index in [1.807, 2.05) is 130 Å². The molecule has 0 aliphatic carbocycles. The van der Waals surface area contributed by atoms with Crippen molar-refractivity contribution in [2.45, 2.75) is 38.0 Å². The Bertz CT molecular complexity index is 3180. The number of nitrogens with one attached hydrogen (secondary N) is 2. The minimum absolute atomic E-state index is 0.0384. The van der Waals surface area contributed by atoms with Gasteiger partial charge >= 0.3 is 11.9 Å². The lowest BCUT2D eigenvalue weighted by Gasteiger charge is -2.18. The topological polar surface area (TPSA) is 166 Å². The highest BCUT2D eigenvalue weighted by Crippen LogP contribution is 2.22. The van der Waals surface area contributed by atoms with Crippen molar-refractivity contribution >= 4 is 77.4 Å². The maximum absolute atomic E-state index is 13.3. The second-order valence-corrected chi connectivity index (χ2v) is 17.4. The predicted molar refractivity (Wildman–Crippen MR) is 265 cm³/mol. The van der Waals surface area contributed by atoms with Gasteiger partial charge in [-0.15, -0.1) is 0 Å². The highest BCUT2D eigenvalue weighted by molar-refractivity contribution is 9.10. The first-order valence-corrected chi connectivity index (χ1v) is 22.7. The van der Waals surface area contributed by atoms with Crippen molar-refractivity contribution in [3.8, 4) is 0 Å². The lowest BCUT2D eigenvalue weighted by atomic mass is 10.0. The SMILES string of the molecule is COC(=O)[C@H](Cc1ccccc1)NC(=O)c1cn(Cc2ccccc2)c2ccc(Br)cc2c1=O.O=C(N[C@@H](Cc1ccccc1)C(=O)O)c1cn(Cc2ccccc2)c2ccc(Br)cc2c1=O. The number of halogens is 2. The molecule has 8 rings (SSSR count). The molecule has 2 heterocycles. The van der Waals surface area contributed by atoms with Crippen LogP contribution in [0, 0.1) is 0 Å². The van der Waals surface area contributed by atoms with E-state index >= 15 is 0 Å². The van der Waals surface area contributed by atoms with Gasteiger partial charge in [0.2, 0.25) is 10.9 Å². The summed E-state index contributed by atoms with van der Waals surface area (Å²) in [7, 11) is 1.27. The van der Waals surface area contributed by atoms with Crippen molar-refractivity contribution in [3.63, 3.8) is 0 Å². The Kier molecular flexibility index (Phi) is 15.7. The predicted octanol–water partition coefficient (Wildman–Crippen LogP) is 8.56. The number of benzene rings is 6. The molecular weight excluding hydrogens is 980 g/mol. The monoisotopic (exact) mass is 1020 g/mol. The van der Waals surface area contributed by atoms with E-state index in [9.17, 15) is 33.9 Å². The van der Waals surface area contributed by atoms with Gasteiger partial charge in [0, 0.05) is 58.0 Å². The summed E-state index contributed by atoms with van der Waals surface area (Å²) in [6.45, 7) is 0.926. The molecule has 14 heteroatoms. The van der Waals surface area contributed by atoms with E-state index in [2.05, 4.69) is 42.5 Å². The molecular formula is C53H44Br2N4O8. The molecule has 0 saturated carbocycles. The Labute approximate surface area is 402 Å². The summed E-state index contributed by atoms with van der Waals surface area (Å²) in [5, 5.41) is 15.7. The summed E-state index contributed by atoms with van der Waals surface area (Å²) in [6.07, 6.45) is 3.41. The number of rotatable bonds is 14. The van der Waals surface area contributed by atoms with Crippen LogP contribution in [0.1, 0.15) is 43.0 Å². The number of carbonyl (C=O) groups is 4. The number of hydrogen-bond donors (Lipinski definition) is 3. The first-order chi connectivity index (χ1) is 32.4. The van der Waals surface area contributed by atoms with Gasteiger partial charge in [-0.2, -0.15) is 0 Å². The van der Waals surface area contributed by atoms with E-state index in [1.165, 1.54) is 13.3 Å². The van der Waals surface area contributed by atoms with Crippen LogP contribution >= 0.6 is 31.9 Å². The number of esters is 1. The lowest BCUT2D eigenvalue weighted by molar-refractivity contribution is -0.143. The largest absolute Gasteiger partial charge is 0.480 e. The van der Waals surface area contributed by atoms with Crippen molar-refractivity contribution in [2.24, 2.45) is 0 Å². The molecule has 2 amide bonds. The minimum atomic E-state index is -1.17. The average molecular weight is 1020 g/mol. The first kappa shape index (κ1) is 47.5. The van der Waals surface area contributed by atoms with Gasteiger partial charge < -0.3 is 29.6 Å². The number of hydrogen-bond acceptors (Lipinski definition) is 7. The van der Waals surface area contributed by atoms with Gasteiger partial charge in [0.1, 0.15) is 23.2 Å². The van der Waals surface area contributed by atoms with Crippen LogP contribution in [0.25, 0.3) is 21.8 Å². The zero-order valence-electron chi connectivity index (χ0n) is 36.1. The molecule has 0 unspecified atom stereocenters. The highest BCUT2D eigenvalue weighted by Gasteiger charge is 2.26. The van der Waals surface area contributed by atoms with Gasteiger partial charge in [-0.1, -0.05) is 153 Å². The van der Waals surface area contributed by atoms with Gasteiger partial charge in [-0.25, -0.2) is 9.59 Å². The zero-order chi connectivity index (χ0) is 47.5. The average Bonchev–Trinajstić information content (AvgIpc) is 3.34. The van der Waals surface area contributed by atoms with E-state index in [-0.39, 0.29) is 24.0 Å². The first-order valence-electron chi connectivity index (χ1n) is 21.1. The smallest absolute Gasteiger partial charge is 0.328 e. The molecule has 0 spiro atoms. The highest BCUT2D eigenvalue weighted by atomic mass is 79.9. The number of carboxylic acids is 1. The fraction of sp³-hybridized carbons (Fsp3) is 0.132. The van der Waals surface area contributed by atoms with Crippen molar-refractivity contribution in [1.82, 2.24) is 19.8 Å². The fourth-order valence-corrected chi connectivity index (χ4v) is 8.31. The van der Waals surface area contributed by atoms with Crippen LogP contribution in [-0.4, -0.2) is 57.2 Å². The summed E-state index contributed by atoms with van der Waals surface area (Å²) in [6, 6.07) is 46.4. The minimum Gasteiger partial charge on any atom is -0.480 e. The Balaban J connectivity index is 0.000000199. The molecule has 67 heavy (non-hydrogen) atoms. The van der Waals surface area contributed by atoms with Crippen LogP contribution in [0.2, 0.25) is 0 Å². The number of pyridine rings is 2. The van der Waals surface area contributed by atoms with E-state index < -0.39 is 46.7 Å². The van der Waals surface area contributed by atoms with Crippen molar-refractivity contribution in [1.29, 1.82) is 0 Å². The van der Waals surface area contributed by atoms with Gasteiger partial charge in [-0.05, 0) is 58.7 Å². The molecule has 3 N–H and O–H groups in total. The zero-order valence-corrected chi connectivity index (χ0v) is 39.3. The Morgan fingerprint density at radius 3 is 1.27 bits per heavy atom. The maximum Gasteiger partial charge on any atom is 0.328 e. The number of amides is 2. The van der Waals surface area contributed by atoms with Crippen LogP contribution < -0.4 is 21.5 Å². The molecule has 2 aromatic heterocycles. The molecule has 0 aliphatic rings. The van der Waals surface area contributed by atoms with Crippen LogP contribution in [0.5, 0.6) is 0 Å². The van der Waals surface area contributed by atoms with Crippen molar-refractivity contribution in [3.05, 3.63) is 233 Å². The van der Waals surface area contributed by atoms with Gasteiger partial charge in [-0.3, -0.25) is 19.2 Å². The van der Waals surface area contributed by atoms with Crippen LogP contribution in [0.4, 0.5) is 0 Å². The third-order valence-electron chi connectivity index (χ3n) is 10.9. The molecule has 12 nitrogen and oxygen atoms in total. The molecule has 8 aromatic rings. The van der Waals surface area contributed by atoms with Crippen molar-refractivity contribution in [2.75, 3.05) is 7.11 Å². The Hall–Kier alpha value is -7.42. The number of nitrogens with zero attached hydrogens (tertiary/aromatic N) is 2. The van der Waals surface area contributed by atoms with Crippen molar-refractivity contribution < 1.29 is 29.0 Å². The molecule has 0 aliphatic heterocycles.